The number of allylic oxidation sites excluding steroid dienone is 1. The lowest BCUT2D eigenvalue weighted by Gasteiger charge is -2.58. The van der Waals surface area contributed by atoms with E-state index in [9.17, 15) is 4.57 Å². The second kappa shape index (κ2) is 10.8. The molecule has 0 N–H and O–H groups in total. The number of hydrogen-bond donors (Lipinski definition) is 0. The first-order chi connectivity index (χ1) is 16.8. The molecule has 0 radical (unpaired) electrons. The predicted octanol–water partition coefficient (Wildman–Crippen LogP) is 8.64. The van der Waals surface area contributed by atoms with Gasteiger partial charge in [-0.25, -0.2) is 9.34 Å². The van der Waals surface area contributed by atoms with E-state index in [4.69, 9.17) is 4.52 Å². The Bertz CT molecular complexity index is 842. The van der Waals surface area contributed by atoms with Crippen LogP contribution >= 0.6 is 7.67 Å². The van der Waals surface area contributed by atoms with Crippen molar-refractivity contribution in [2.75, 3.05) is 28.2 Å². The van der Waals surface area contributed by atoms with E-state index in [-0.39, 0.29) is 6.10 Å². The van der Waals surface area contributed by atoms with Crippen molar-refractivity contribution in [3.8, 4) is 0 Å². The van der Waals surface area contributed by atoms with Gasteiger partial charge in [-0.2, -0.15) is 0 Å². The minimum Gasteiger partial charge on any atom is -0.302 e. The molecule has 3 saturated carbocycles. The van der Waals surface area contributed by atoms with E-state index in [1.54, 1.807) is 14.9 Å². The van der Waals surface area contributed by atoms with Crippen molar-refractivity contribution in [3.63, 3.8) is 0 Å². The van der Waals surface area contributed by atoms with E-state index >= 15 is 0 Å². The molecule has 0 heterocycles. The molecule has 0 bridgehead atoms. The SMILES string of the molecule is CC(C)CCC[C@@H](C)[C@H]1CC[C@H]2[C@@H]3CC=C4C[C@@H](OP(=O)(N(C)C)N(C)C)CC[C@]4(C)[C@H]3CC[C@]12C. The van der Waals surface area contributed by atoms with Gasteiger partial charge in [0.2, 0.25) is 0 Å². The molecule has 0 aromatic carbocycles. The van der Waals surface area contributed by atoms with Crippen molar-refractivity contribution < 1.29 is 9.09 Å². The topological polar surface area (TPSA) is 32.8 Å². The number of hydrogen-bond acceptors (Lipinski definition) is 2. The Kier molecular flexibility index (Phi) is 8.64. The maximum atomic E-state index is 13.5. The molecule has 4 nitrogen and oxygen atoms in total. The van der Waals surface area contributed by atoms with Crippen LogP contribution in [0.2, 0.25) is 0 Å². The van der Waals surface area contributed by atoms with Gasteiger partial charge < -0.3 is 4.52 Å². The third-order valence-electron chi connectivity index (χ3n) is 11.6. The summed E-state index contributed by atoms with van der Waals surface area (Å²) in [5.74, 6) is 5.21. The molecule has 4 rings (SSSR count). The number of rotatable bonds is 9. The van der Waals surface area contributed by atoms with Gasteiger partial charge >= 0.3 is 7.67 Å². The van der Waals surface area contributed by atoms with Crippen LogP contribution in [-0.2, 0) is 9.09 Å². The molecule has 0 saturated heterocycles. The van der Waals surface area contributed by atoms with Crippen LogP contribution in [0.1, 0.15) is 105 Å². The average Bonchev–Trinajstić information content (AvgIpc) is 3.16. The van der Waals surface area contributed by atoms with Gasteiger partial charge in [0, 0.05) is 0 Å². The molecule has 0 spiro atoms. The van der Waals surface area contributed by atoms with Gasteiger partial charge in [-0.15, -0.1) is 0 Å². The molecular weight excluding hydrogens is 463 g/mol. The van der Waals surface area contributed by atoms with Gasteiger partial charge in [-0.05, 0) is 126 Å². The maximum absolute atomic E-state index is 13.5. The van der Waals surface area contributed by atoms with Crippen LogP contribution in [0, 0.1) is 46.3 Å². The standard InChI is InChI=1S/C31H57N2O2P/c1-22(2)11-10-12-23(3)27-15-16-28-26-14-13-24-21-25(35-36(34,32(6)7)33(8)9)17-19-30(24,4)29(26)18-20-31(27,28)5/h13,22-23,25-29H,10-12,14-21H2,1-9H3/t23-,25+,26+,27-,28+,29+,30+,31-/m1/s1. The minimum absolute atomic E-state index is 0.0629. The number of nitrogens with zero attached hydrogens (tertiary/aromatic N) is 2. The molecular formula is C31H57N2O2P. The van der Waals surface area contributed by atoms with Crippen molar-refractivity contribution in [1.82, 2.24) is 9.34 Å². The Balaban J connectivity index is 1.46. The highest BCUT2D eigenvalue weighted by molar-refractivity contribution is 7.53. The quantitative estimate of drug-likeness (QED) is 0.225. The summed E-state index contributed by atoms with van der Waals surface area (Å²) >= 11 is 0. The van der Waals surface area contributed by atoms with E-state index < -0.39 is 7.67 Å². The Morgan fingerprint density at radius 3 is 2.31 bits per heavy atom. The number of fused-ring (bicyclic) bond motifs is 5. The summed E-state index contributed by atoms with van der Waals surface area (Å²) in [6.45, 7) is 12.6. The zero-order valence-electron chi connectivity index (χ0n) is 25.1. The van der Waals surface area contributed by atoms with Crippen molar-refractivity contribution in [2.24, 2.45) is 46.3 Å². The lowest BCUT2D eigenvalue weighted by Crippen LogP contribution is -2.51. The summed E-state index contributed by atoms with van der Waals surface area (Å²) in [6, 6.07) is 0. The first-order valence-electron chi connectivity index (χ1n) is 15.2. The molecule has 0 aromatic heterocycles. The molecule has 5 heteroatoms. The van der Waals surface area contributed by atoms with E-state index in [1.165, 1.54) is 57.8 Å². The van der Waals surface area contributed by atoms with Gasteiger partial charge in [-0.1, -0.05) is 65.5 Å². The average molecular weight is 521 g/mol. The van der Waals surface area contributed by atoms with Gasteiger partial charge in [-0.3, -0.25) is 4.57 Å². The monoisotopic (exact) mass is 520 g/mol. The summed E-state index contributed by atoms with van der Waals surface area (Å²) in [4.78, 5) is 0. The van der Waals surface area contributed by atoms with Crippen LogP contribution in [0.15, 0.2) is 11.6 Å². The van der Waals surface area contributed by atoms with Crippen LogP contribution in [0.5, 0.6) is 0 Å². The maximum Gasteiger partial charge on any atom is 0.345 e. The third-order valence-corrected chi connectivity index (χ3v) is 14.2. The Morgan fingerprint density at radius 2 is 1.67 bits per heavy atom. The lowest BCUT2D eigenvalue weighted by molar-refractivity contribution is -0.0563. The van der Waals surface area contributed by atoms with Crippen molar-refractivity contribution in [2.45, 2.75) is 111 Å². The fourth-order valence-electron chi connectivity index (χ4n) is 9.48. The van der Waals surface area contributed by atoms with Crippen molar-refractivity contribution in [1.29, 1.82) is 0 Å². The highest BCUT2D eigenvalue weighted by atomic mass is 31.2. The lowest BCUT2D eigenvalue weighted by atomic mass is 9.47. The fourth-order valence-corrected chi connectivity index (χ4v) is 11.1. The summed E-state index contributed by atoms with van der Waals surface area (Å²) in [7, 11) is 4.54. The first kappa shape index (κ1) is 28.8. The van der Waals surface area contributed by atoms with Crippen LogP contribution in [0.25, 0.3) is 0 Å². The molecule has 4 aliphatic carbocycles. The molecule has 0 amide bonds. The Morgan fingerprint density at radius 1 is 0.972 bits per heavy atom. The van der Waals surface area contributed by atoms with E-state index in [1.807, 2.05) is 28.2 Å². The molecule has 208 valence electrons. The highest BCUT2D eigenvalue weighted by Crippen LogP contribution is 2.68. The van der Waals surface area contributed by atoms with Gasteiger partial charge in [0.1, 0.15) is 0 Å². The second-order valence-electron chi connectivity index (χ2n) is 14.4. The van der Waals surface area contributed by atoms with Crippen molar-refractivity contribution in [3.05, 3.63) is 11.6 Å². The van der Waals surface area contributed by atoms with E-state index in [0.29, 0.717) is 10.8 Å². The zero-order valence-corrected chi connectivity index (χ0v) is 25.9. The fraction of sp³-hybridized carbons (Fsp3) is 0.935. The molecule has 0 aliphatic heterocycles. The molecule has 36 heavy (non-hydrogen) atoms. The summed E-state index contributed by atoms with van der Waals surface area (Å²) in [5.41, 5.74) is 2.47. The normalized spacial score (nSPS) is 39.7. The summed E-state index contributed by atoms with van der Waals surface area (Å²) in [5, 5.41) is 0. The minimum atomic E-state index is -2.94. The molecule has 8 atom stereocenters. The molecule has 0 unspecified atom stereocenters. The van der Waals surface area contributed by atoms with Gasteiger partial charge in [0.25, 0.3) is 0 Å². The van der Waals surface area contributed by atoms with Crippen LogP contribution in [-0.4, -0.2) is 43.6 Å². The van der Waals surface area contributed by atoms with Crippen LogP contribution in [0.4, 0.5) is 0 Å². The third kappa shape index (κ3) is 5.07. The molecule has 4 aliphatic rings. The first-order valence-corrected chi connectivity index (χ1v) is 16.7. The van der Waals surface area contributed by atoms with E-state index in [2.05, 4.69) is 40.7 Å². The Labute approximate surface area is 223 Å². The largest absolute Gasteiger partial charge is 0.345 e. The smallest absolute Gasteiger partial charge is 0.302 e. The van der Waals surface area contributed by atoms with Crippen LogP contribution < -0.4 is 0 Å². The van der Waals surface area contributed by atoms with Gasteiger partial charge in [0.15, 0.2) is 0 Å². The van der Waals surface area contributed by atoms with Crippen molar-refractivity contribution >= 4 is 7.67 Å². The zero-order chi connectivity index (χ0) is 26.5. The van der Waals surface area contributed by atoms with E-state index in [0.717, 1.165) is 48.3 Å². The predicted molar refractivity (Wildman–Crippen MR) is 153 cm³/mol. The summed E-state index contributed by atoms with van der Waals surface area (Å²) < 4.78 is 23.4. The molecule has 3 fully saturated rings. The van der Waals surface area contributed by atoms with Crippen LogP contribution in [0.3, 0.4) is 0 Å². The highest BCUT2D eigenvalue weighted by Gasteiger charge is 2.59. The van der Waals surface area contributed by atoms with Gasteiger partial charge in [0.05, 0.1) is 6.10 Å². The second-order valence-corrected chi connectivity index (χ2v) is 17.2. The summed E-state index contributed by atoms with van der Waals surface area (Å²) in [6.07, 6.45) is 17.1. The Hall–Kier alpha value is -0.150. The molecule has 0 aromatic rings.